The third-order valence-electron chi connectivity index (χ3n) is 3.29. The second-order valence-corrected chi connectivity index (χ2v) is 6.52. The van der Waals surface area contributed by atoms with Crippen LogP contribution in [0.5, 0.6) is 0 Å². The quantitative estimate of drug-likeness (QED) is 0.841. The van der Waals surface area contributed by atoms with E-state index in [1.165, 1.54) is 4.31 Å². The van der Waals surface area contributed by atoms with E-state index in [1.807, 2.05) is 19.1 Å². The maximum atomic E-state index is 12.6. The van der Waals surface area contributed by atoms with Gasteiger partial charge in [0.25, 0.3) is 10.0 Å². The average Bonchev–Trinajstić information content (AvgIpc) is 2.87. The number of nitrogens with zero attached hydrogens (tertiary/aromatic N) is 3. The van der Waals surface area contributed by atoms with Gasteiger partial charge in [0, 0.05) is 19.2 Å². The molecule has 0 atom stereocenters. The van der Waals surface area contributed by atoms with E-state index in [0.717, 1.165) is 18.5 Å². The maximum Gasteiger partial charge on any atom is 0.265 e. The molecule has 0 amide bonds. The van der Waals surface area contributed by atoms with Crippen LogP contribution in [0.2, 0.25) is 0 Å². The lowest BCUT2D eigenvalue weighted by Gasteiger charge is -2.28. The van der Waals surface area contributed by atoms with Crippen molar-refractivity contribution in [3.05, 3.63) is 42.1 Å². The van der Waals surface area contributed by atoms with Gasteiger partial charge < -0.3 is 0 Å². The number of aromatic nitrogens is 2. The van der Waals surface area contributed by atoms with Crippen molar-refractivity contribution in [1.29, 1.82) is 0 Å². The molecule has 0 aliphatic carbocycles. The van der Waals surface area contributed by atoms with E-state index >= 15 is 0 Å². The lowest BCUT2D eigenvalue weighted by atomic mass is 10.2. The minimum absolute atomic E-state index is 0.327. The topological polar surface area (TPSA) is 55.2 Å². The van der Waals surface area contributed by atoms with Gasteiger partial charge in [-0.25, -0.2) is 17.4 Å². The zero-order valence-electron chi connectivity index (χ0n) is 10.7. The highest BCUT2D eigenvalue weighted by Crippen LogP contribution is 2.26. The van der Waals surface area contributed by atoms with Crippen LogP contribution in [0, 0.1) is 6.92 Å². The Bertz CT molecular complexity index is 689. The lowest BCUT2D eigenvalue weighted by Crippen LogP contribution is -2.37. The molecule has 2 aromatic rings. The summed E-state index contributed by atoms with van der Waals surface area (Å²) in [6, 6.07) is 8.67. The maximum absolute atomic E-state index is 12.6. The molecule has 2 heterocycles. The highest BCUT2D eigenvalue weighted by atomic mass is 32.2. The number of fused-ring (bicyclic) bond motifs is 1. The predicted octanol–water partition coefficient (Wildman–Crippen LogP) is 1.79. The first-order chi connectivity index (χ1) is 9.09. The Kier molecular flexibility index (Phi) is 2.82. The van der Waals surface area contributed by atoms with E-state index in [-0.39, 0.29) is 0 Å². The van der Waals surface area contributed by atoms with Gasteiger partial charge in [-0.05, 0) is 25.5 Å². The first-order valence-corrected chi connectivity index (χ1v) is 7.64. The Hall–Kier alpha value is -1.82. The average molecular weight is 277 g/mol. The van der Waals surface area contributed by atoms with Crippen molar-refractivity contribution < 1.29 is 8.42 Å². The molecule has 0 saturated carbocycles. The molecule has 6 heteroatoms. The van der Waals surface area contributed by atoms with Gasteiger partial charge in [0.15, 0.2) is 0 Å². The molecule has 0 radical (unpaired) electrons. The van der Waals surface area contributed by atoms with Crippen molar-refractivity contribution in [2.75, 3.05) is 10.8 Å². The Morgan fingerprint density at radius 1 is 1.11 bits per heavy atom. The van der Waals surface area contributed by atoms with Crippen LogP contribution >= 0.6 is 0 Å². The Morgan fingerprint density at radius 3 is 2.58 bits per heavy atom. The molecule has 0 spiro atoms. The van der Waals surface area contributed by atoms with Crippen LogP contribution in [0.15, 0.2) is 41.4 Å². The molecule has 0 saturated heterocycles. The molecule has 0 N–H and O–H groups in total. The zero-order valence-corrected chi connectivity index (χ0v) is 11.5. The largest absolute Gasteiger partial charge is 0.265 e. The molecule has 3 rings (SSSR count). The molecule has 100 valence electrons. The fraction of sp³-hybridized carbons (Fsp3) is 0.308. The van der Waals surface area contributed by atoms with Crippen molar-refractivity contribution in [2.24, 2.45) is 0 Å². The smallest absolute Gasteiger partial charge is 0.250 e. The number of sulfonamides is 1. The van der Waals surface area contributed by atoms with Crippen molar-refractivity contribution in [1.82, 2.24) is 9.78 Å². The molecule has 1 aliphatic heterocycles. The number of rotatable bonds is 2. The monoisotopic (exact) mass is 277 g/mol. The third-order valence-corrected chi connectivity index (χ3v) is 5.11. The van der Waals surface area contributed by atoms with Gasteiger partial charge in [0.1, 0.15) is 5.82 Å². The van der Waals surface area contributed by atoms with E-state index in [2.05, 4.69) is 5.10 Å². The predicted molar refractivity (Wildman–Crippen MR) is 72.6 cm³/mol. The fourth-order valence-electron chi connectivity index (χ4n) is 2.27. The number of aryl methyl sites for hydroxylation is 2. The van der Waals surface area contributed by atoms with Crippen LogP contribution in [0.3, 0.4) is 0 Å². The van der Waals surface area contributed by atoms with Crippen LogP contribution in [0.4, 0.5) is 5.82 Å². The Morgan fingerprint density at radius 2 is 1.84 bits per heavy atom. The van der Waals surface area contributed by atoms with E-state index in [9.17, 15) is 8.42 Å². The van der Waals surface area contributed by atoms with E-state index in [0.29, 0.717) is 17.3 Å². The SMILES string of the molecule is Cc1ccc(S(=O)(=O)N2CCCn3nccc32)cc1. The standard InChI is InChI=1S/C13H15N3O2S/c1-11-3-5-12(6-4-11)19(17,18)16-10-2-9-15-13(16)7-8-14-15/h3-8H,2,9-10H2,1H3. The minimum Gasteiger partial charge on any atom is -0.250 e. The summed E-state index contributed by atoms with van der Waals surface area (Å²) in [5.41, 5.74) is 1.04. The number of hydrogen-bond donors (Lipinski definition) is 0. The first-order valence-electron chi connectivity index (χ1n) is 6.20. The van der Waals surface area contributed by atoms with Gasteiger partial charge in [-0.3, -0.25) is 0 Å². The van der Waals surface area contributed by atoms with Gasteiger partial charge in [-0.15, -0.1) is 0 Å². The molecule has 0 unspecified atom stereocenters. The summed E-state index contributed by atoms with van der Waals surface area (Å²) in [7, 11) is -3.49. The summed E-state index contributed by atoms with van der Waals surface area (Å²) in [4.78, 5) is 0.327. The molecular formula is C13H15N3O2S. The Labute approximate surface area is 112 Å². The number of hydrogen-bond acceptors (Lipinski definition) is 3. The van der Waals surface area contributed by atoms with Crippen molar-refractivity contribution >= 4 is 15.8 Å². The first kappa shape index (κ1) is 12.2. The van der Waals surface area contributed by atoms with Gasteiger partial charge in [-0.1, -0.05) is 17.7 Å². The van der Waals surface area contributed by atoms with Crippen molar-refractivity contribution in [3.63, 3.8) is 0 Å². The summed E-state index contributed by atoms with van der Waals surface area (Å²) in [6.07, 6.45) is 2.41. The molecule has 1 aliphatic rings. The molecule has 1 aromatic heterocycles. The molecular weight excluding hydrogens is 262 g/mol. The van der Waals surface area contributed by atoms with Gasteiger partial charge in [0.2, 0.25) is 0 Å². The molecule has 0 fully saturated rings. The Balaban J connectivity index is 2.05. The summed E-state index contributed by atoms with van der Waals surface area (Å²) < 4.78 is 28.5. The van der Waals surface area contributed by atoms with Crippen molar-refractivity contribution in [3.8, 4) is 0 Å². The summed E-state index contributed by atoms with van der Waals surface area (Å²) in [5.74, 6) is 0.645. The molecule has 19 heavy (non-hydrogen) atoms. The second kappa shape index (κ2) is 4.38. The van der Waals surface area contributed by atoms with Crippen LogP contribution in [0.25, 0.3) is 0 Å². The summed E-state index contributed by atoms with van der Waals surface area (Å²) in [5, 5.41) is 4.14. The normalized spacial score (nSPS) is 15.3. The van der Waals surface area contributed by atoms with Gasteiger partial charge in [0.05, 0.1) is 11.1 Å². The third kappa shape index (κ3) is 2.02. The van der Waals surface area contributed by atoms with Gasteiger partial charge >= 0.3 is 0 Å². The highest BCUT2D eigenvalue weighted by Gasteiger charge is 2.29. The van der Waals surface area contributed by atoms with E-state index in [1.54, 1.807) is 29.1 Å². The number of benzene rings is 1. The second-order valence-electron chi connectivity index (χ2n) is 4.66. The molecule has 1 aromatic carbocycles. The minimum atomic E-state index is -3.49. The van der Waals surface area contributed by atoms with E-state index < -0.39 is 10.0 Å². The molecule has 5 nitrogen and oxygen atoms in total. The van der Waals surface area contributed by atoms with Crippen LogP contribution in [0.1, 0.15) is 12.0 Å². The van der Waals surface area contributed by atoms with Gasteiger partial charge in [-0.2, -0.15) is 5.10 Å². The van der Waals surface area contributed by atoms with Crippen LogP contribution in [-0.4, -0.2) is 24.7 Å². The lowest BCUT2D eigenvalue weighted by molar-refractivity contribution is 0.532. The summed E-state index contributed by atoms with van der Waals surface area (Å²) in [6.45, 7) is 3.20. The van der Waals surface area contributed by atoms with E-state index in [4.69, 9.17) is 0 Å². The van der Waals surface area contributed by atoms with Crippen LogP contribution in [-0.2, 0) is 16.6 Å². The molecule has 0 bridgehead atoms. The van der Waals surface area contributed by atoms with Crippen LogP contribution < -0.4 is 4.31 Å². The number of anilines is 1. The van der Waals surface area contributed by atoms with Crippen molar-refractivity contribution in [2.45, 2.75) is 24.8 Å². The summed E-state index contributed by atoms with van der Waals surface area (Å²) >= 11 is 0. The zero-order chi connectivity index (χ0) is 13.5. The highest BCUT2D eigenvalue weighted by molar-refractivity contribution is 7.92. The fourth-order valence-corrected chi connectivity index (χ4v) is 3.77.